The molecule has 0 radical (unpaired) electrons. The van der Waals surface area contributed by atoms with Crippen molar-refractivity contribution in [2.45, 2.75) is 12.3 Å². The van der Waals surface area contributed by atoms with Crippen LogP contribution in [0.15, 0.2) is 60.7 Å². The fraction of sp³-hybridized carbons (Fsp3) is 0.200. The Morgan fingerprint density at radius 3 is 1.89 bits per heavy atom. The molecule has 0 aliphatic carbocycles. The Labute approximate surface area is 108 Å². The lowest BCUT2D eigenvalue weighted by Gasteiger charge is -2.37. The van der Waals surface area contributed by atoms with Gasteiger partial charge in [-0.2, -0.15) is 0 Å². The molecule has 2 unspecified atom stereocenters. The van der Waals surface area contributed by atoms with Crippen LogP contribution in [0.5, 0.6) is 0 Å². The quantitative estimate of drug-likeness (QED) is 0.844. The van der Waals surface area contributed by atoms with E-state index < -0.39 is 0 Å². The molecular formula is C15H18N3-. The number of nitrogens with one attached hydrogen (secondary N) is 1. The van der Waals surface area contributed by atoms with E-state index in [1.807, 2.05) is 67.7 Å². The van der Waals surface area contributed by atoms with Crippen molar-refractivity contribution in [3.05, 3.63) is 77.1 Å². The Morgan fingerprint density at radius 1 is 0.889 bits per heavy atom. The van der Waals surface area contributed by atoms with Crippen molar-refractivity contribution in [3.8, 4) is 0 Å². The van der Waals surface area contributed by atoms with Crippen molar-refractivity contribution >= 4 is 0 Å². The highest BCUT2D eigenvalue weighted by molar-refractivity contribution is 5.28. The fourth-order valence-corrected chi connectivity index (χ4v) is 1.86. The van der Waals surface area contributed by atoms with Gasteiger partial charge in [0.05, 0.1) is 0 Å². The Hall–Kier alpha value is -1.68. The van der Waals surface area contributed by atoms with Gasteiger partial charge in [-0.25, -0.2) is 0 Å². The molecule has 0 bridgehead atoms. The third-order valence-corrected chi connectivity index (χ3v) is 2.84. The SMILES string of the molecule is CNC([N-]C(N)c1ccccc1)c1ccccc1. The van der Waals surface area contributed by atoms with Gasteiger partial charge in [-0.15, -0.1) is 0 Å². The zero-order valence-electron chi connectivity index (χ0n) is 10.5. The van der Waals surface area contributed by atoms with Crippen LogP contribution in [0.2, 0.25) is 0 Å². The summed E-state index contributed by atoms with van der Waals surface area (Å²) in [5.41, 5.74) is 8.24. The van der Waals surface area contributed by atoms with Gasteiger partial charge in [0, 0.05) is 0 Å². The van der Waals surface area contributed by atoms with Gasteiger partial charge in [-0.3, -0.25) is 0 Å². The van der Waals surface area contributed by atoms with Crippen LogP contribution in [-0.4, -0.2) is 7.05 Å². The smallest absolute Gasteiger partial charge is 0.0177 e. The van der Waals surface area contributed by atoms with Gasteiger partial charge in [0.1, 0.15) is 0 Å². The van der Waals surface area contributed by atoms with E-state index in [1.165, 1.54) is 0 Å². The average molecular weight is 240 g/mol. The van der Waals surface area contributed by atoms with Crippen LogP contribution in [0.4, 0.5) is 0 Å². The predicted molar refractivity (Wildman–Crippen MR) is 75.0 cm³/mol. The van der Waals surface area contributed by atoms with E-state index in [9.17, 15) is 0 Å². The zero-order chi connectivity index (χ0) is 12.8. The van der Waals surface area contributed by atoms with Gasteiger partial charge >= 0.3 is 0 Å². The second kappa shape index (κ2) is 6.31. The third-order valence-electron chi connectivity index (χ3n) is 2.84. The van der Waals surface area contributed by atoms with E-state index in [4.69, 9.17) is 5.73 Å². The van der Waals surface area contributed by atoms with E-state index in [-0.39, 0.29) is 12.3 Å². The minimum Gasteiger partial charge on any atom is -0.625 e. The molecular weight excluding hydrogens is 222 g/mol. The van der Waals surface area contributed by atoms with Gasteiger partial charge in [-0.05, 0) is 7.05 Å². The van der Waals surface area contributed by atoms with Crippen LogP contribution in [-0.2, 0) is 0 Å². The molecule has 94 valence electrons. The van der Waals surface area contributed by atoms with Crippen LogP contribution in [0, 0.1) is 0 Å². The maximum absolute atomic E-state index is 6.10. The summed E-state index contributed by atoms with van der Waals surface area (Å²) in [7, 11) is 1.89. The fourth-order valence-electron chi connectivity index (χ4n) is 1.86. The van der Waals surface area contributed by atoms with Crippen molar-refractivity contribution in [2.75, 3.05) is 7.05 Å². The molecule has 0 heterocycles. The molecule has 2 aromatic rings. The maximum Gasteiger partial charge on any atom is -0.0177 e. The Kier molecular flexibility index (Phi) is 4.47. The number of nitrogens with zero attached hydrogens (tertiary/aromatic N) is 1. The molecule has 18 heavy (non-hydrogen) atoms. The standard InChI is InChI=1S/C15H18N3/c1-17-15(13-10-6-3-7-11-13)18-14(16)12-8-4-2-5-9-12/h2-11,14-15,17H,16H2,1H3/q-1. The molecule has 0 saturated carbocycles. The summed E-state index contributed by atoms with van der Waals surface area (Å²) in [6.45, 7) is 0. The second-order valence-electron chi connectivity index (χ2n) is 4.11. The minimum atomic E-state index is -0.316. The van der Waals surface area contributed by atoms with Gasteiger partial charge in [0.25, 0.3) is 0 Å². The first-order valence-electron chi connectivity index (χ1n) is 6.04. The Bertz CT molecular complexity index is 456. The van der Waals surface area contributed by atoms with Crippen molar-refractivity contribution in [2.24, 2.45) is 5.73 Å². The topological polar surface area (TPSA) is 52.2 Å². The van der Waals surface area contributed by atoms with Crippen LogP contribution in [0.3, 0.4) is 0 Å². The normalized spacial score (nSPS) is 14.1. The monoisotopic (exact) mass is 240 g/mol. The van der Waals surface area contributed by atoms with Crippen molar-refractivity contribution < 1.29 is 0 Å². The molecule has 3 heteroatoms. The first-order chi connectivity index (χ1) is 8.81. The van der Waals surface area contributed by atoms with E-state index in [0.29, 0.717) is 0 Å². The lowest BCUT2D eigenvalue weighted by Crippen LogP contribution is -2.21. The highest BCUT2D eigenvalue weighted by atomic mass is 15.2. The van der Waals surface area contributed by atoms with Crippen LogP contribution < -0.4 is 11.1 Å². The highest BCUT2D eigenvalue weighted by Crippen LogP contribution is 2.26. The second-order valence-corrected chi connectivity index (χ2v) is 4.11. The van der Waals surface area contributed by atoms with Gasteiger partial charge in [0.15, 0.2) is 0 Å². The Balaban J connectivity index is 2.07. The zero-order valence-corrected chi connectivity index (χ0v) is 10.5. The third kappa shape index (κ3) is 3.17. The summed E-state index contributed by atoms with van der Waals surface area (Å²) in [5.74, 6) is 0. The minimum absolute atomic E-state index is 0.0820. The van der Waals surface area contributed by atoms with Crippen LogP contribution in [0.25, 0.3) is 5.32 Å². The van der Waals surface area contributed by atoms with E-state index in [2.05, 4.69) is 10.6 Å². The van der Waals surface area contributed by atoms with Gasteiger partial charge in [0.2, 0.25) is 0 Å². The first kappa shape index (κ1) is 12.8. The molecule has 2 atom stereocenters. The summed E-state index contributed by atoms with van der Waals surface area (Å²) >= 11 is 0. The van der Waals surface area contributed by atoms with Crippen molar-refractivity contribution in [3.63, 3.8) is 0 Å². The first-order valence-corrected chi connectivity index (χ1v) is 6.04. The Morgan fingerprint density at radius 2 is 1.39 bits per heavy atom. The van der Waals surface area contributed by atoms with Crippen molar-refractivity contribution in [1.29, 1.82) is 0 Å². The molecule has 0 aliphatic rings. The molecule has 0 aromatic heterocycles. The molecule has 3 N–H and O–H groups in total. The molecule has 2 rings (SSSR count). The largest absolute Gasteiger partial charge is 0.625 e. The number of nitrogens with two attached hydrogens (primary N) is 1. The van der Waals surface area contributed by atoms with Gasteiger partial charge in [-0.1, -0.05) is 84.1 Å². The van der Waals surface area contributed by atoms with Crippen LogP contribution >= 0.6 is 0 Å². The van der Waals surface area contributed by atoms with Crippen molar-refractivity contribution in [1.82, 2.24) is 5.32 Å². The molecule has 0 fully saturated rings. The molecule has 2 aromatic carbocycles. The summed E-state index contributed by atoms with van der Waals surface area (Å²) in [4.78, 5) is 0. The number of hydrogen-bond donors (Lipinski definition) is 2. The molecule has 3 nitrogen and oxygen atoms in total. The lowest BCUT2D eigenvalue weighted by atomic mass is 10.1. The number of rotatable bonds is 5. The lowest BCUT2D eigenvalue weighted by molar-refractivity contribution is 0.624. The number of hydrogen-bond acceptors (Lipinski definition) is 2. The highest BCUT2D eigenvalue weighted by Gasteiger charge is 2.02. The molecule has 0 saturated heterocycles. The predicted octanol–water partition coefficient (Wildman–Crippen LogP) is 2.94. The summed E-state index contributed by atoms with van der Waals surface area (Å²) in [6.07, 6.45) is -0.398. The summed E-state index contributed by atoms with van der Waals surface area (Å²) < 4.78 is 0. The summed E-state index contributed by atoms with van der Waals surface area (Å²) in [5, 5.41) is 7.77. The summed E-state index contributed by atoms with van der Waals surface area (Å²) in [6, 6.07) is 20.0. The maximum atomic E-state index is 6.10. The average Bonchev–Trinajstić information content (AvgIpc) is 2.46. The molecule has 0 amide bonds. The number of benzene rings is 2. The molecule has 0 spiro atoms. The van der Waals surface area contributed by atoms with Crippen LogP contribution in [0.1, 0.15) is 23.5 Å². The van der Waals surface area contributed by atoms with E-state index in [1.54, 1.807) is 0 Å². The van der Waals surface area contributed by atoms with Gasteiger partial charge < -0.3 is 16.4 Å². The van der Waals surface area contributed by atoms with E-state index in [0.717, 1.165) is 11.1 Å². The van der Waals surface area contributed by atoms with E-state index >= 15 is 0 Å². The molecule has 0 aliphatic heterocycles.